The number of hydrogen-bond acceptors (Lipinski definition) is 3. The fourth-order valence-corrected chi connectivity index (χ4v) is 2.07. The second kappa shape index (κ2) is 10.2. The number of hydrogen-bond donors (Lipinski definition) is 2. The molecule has 7 heteroatoms. The van der Waals surface area contributed by atoms with Gasteiger partial charge in [-0.1, -0.05) is 6.07 Å². The number of aliphatic imine (C=N–C) groups is 1. The molecule has 0 aliphatic rings. The third-order valence-corrected chi connectivity index (χ3v) is 3.26. The Balaban J connectivity index is 1.74. The first kappa shape index (κ1) is 18.6. The van der Waals surface area contributed by atoms with Gasteiger partial charge in [0.2, 0.25) is 0 Å². The highest BCUT2D eigenvalue weighted by Crippen LogP contribution is 2.14. The largest absolute Gasteiger partial charge is 0.492 e. The third-order valence-electron chi connectivity index (χ3n) is 3.26. The molecule has 0 saturated carbocycles. The minimum atomic E-state index is -0.921. The van der Waals surface area contributed by atoms with E-state index in [0.717, 1.165) is 30.8 Å². The van der Waals surface area contributed by atoms with Crippen LogP contribution in [0.5, 0.6) is 5.75 Å². The predicted molar refractivity (Wildman–Crippen MR) is 93.8 cm³/mol. The van der Waals surface area contributed by atoms with Crippen molar-refractivity contribution in [3.8, 4) is 5.75 Å². The van der Waals surface area contributed by atoms with Gasteiger partial charge in [0, 0.05) is 37.5 Å². The Morgan fingerprint density at radius 2 is 2.04 bits per heavy atom. The van der Waals surface area contributed by atoms with Gasteiger partial charge in [-0.15, -0.1) is 0 Å². The summed E-state index contributed by atoms with van der Waals surface area (Å²) in [5.41, 5.74) is 0.990. The summed E-state index contributed by atoms with van der Waals surface area (Å²) in [5.74, 6) is -0.847. The number of ether oxygens (including phenoxy) is 1. The van der Waals surface area contributed by atoms with E-state index in [1.165, 1.54) is 6.07 Å². The first-order valence-electron chi connectivity index (χ1n) is 8.19. The van der Waals surface area contributed by atoms with Gasteiger partial charge >= 0.3 is 0 Å². The Hall–Kier alpha value is -2.70. The van der Waals surface area contributed by atoms with Gasteiger partial charge in [0.15, 0.2) is 17.6 Å². The fourth-order valence-electron chi connectivity index (χ4n) is 2.07. The van der Waals surface area contributed by atoms with Crippen LogP contribution in [-0.4, -0.2) is 37.2 Å². The van der Waals surface area contributed by atoms with Crippen molar-refractivity contribution in [3.05, 3.63) is 59.9 Å². The highest BCUT2D eigenvalue weighted by Gasteiger charge is 2.03. The van der Waals surface area contributed by atoms with Crippen molar-refractivity contribution in [1.82, 2.24) is 15.6 Å². The summed E-state index contributed by atoms with van der Waals surface area (Å²) >= 11 is 0. The van der Waals surface area contributed by atoms with Crippen LogP contribution in [-0.2, 0) is 6.42 Å². The molecule has 2 N–H and O–H groups in total. The molecule has 1 heterocycles. The normalized spacial score (nSPS) is 11.2. The second-order valence-electron chi connectivity index (χ2n) is 5.18. The minimum Gasteiger partial charge on any atom is -0.492 e. The lowest BCUT2D eigenvalue weighted by molar-refractivity contribution is 0.318. The second-order valence-corrected chi connectivity index (χ2v) is 5.18. The topological polar surface area (TPSA) is 58.5 Å². The Labute approximate surface area is 146 Å². The van der Waals surface area contributed by atoms with Gasteiger partial charge in [0.05, 0.1) is 6.54 Å². The molecule has 0 bridgehead atoms. The Morgan fingerprint density at radius 1 is 1.16 bits per heavy atom. The Morgan fingerprint density at radius 3 is 2.76 bits per heavy atom. The molecule has 0 spiro atoms. The van der Waals surface area contributed by atoms with Crippen molar-refractivity contribution in [2.45, 2.75) is 13.3 Å². The molecule has 0 fully saturated rings. The van der Waals surface area contributed by atoms with E-state index >= 15 is 0 Å². The number of guanidine groups is 1. The van der Waals surface area contributed by atoms with Crippen LogP contribution < -0.4 is 15.4 Å². The zero-order valence-corrected chi connectivity index (χ0v) is 14.1. The lowest BCUT2D eigenvalue weighted by Crippen LogP contribution is -2.39. The number of halogens is 2. The number of aromatic nitrogens is 1. The molecule has 5 nitrogen and oxygen atoms in total. The summed E-state index contributed by atoms with van der Waals surface area (Å²) in [4.78, 5) is 8.72. The van der Waals surface area contributed by atoms with Crippen molar-refractivity contribution in [2.24, 2.45) is 4.99 Å². The highest BCUT2D eigenvalue weighted by molar-refractivity contribution is 5.79. The van der Waals surface area contributed by atoms with E-state index in [4.69, 9.17) is 4.74 Å². The molecule has 134 valence electrons. The van der Waals surface area contributed by atoms with Gasteiger partial charge in [-0.2, -0.15) is 0 Å². The predicted octanol–water partition coefficient (Wildman–Crippen LogP) is 2.54. The molecule has 1 aromatic heterocycles. The van der Waals surface area contributed by atoms with E-state index in [1.54, 1.807) is 6.20 Å². The van der Waals surface area contributed by atoms with Crippen LogP contribution in [0, 0.1) is 11.6 Å². The zero-order chi connectivity index (χ0) is 17.9. The molecule has 1 aromatic carbocycles. The van der Waals surface area contributed by atoms with E-state index in [2.05, 4.69) is 20.6 Å². The van der Waals surface area contributed by atoms with Crippen molar-refractivity contribution < 1.29 is 13.5 Å². The molecular formula is C18H22F2N4O. The van der Waals surface area contributed by atoms with Crippen LogP contribution in [0.15, 0.2) is 47.6 Å². The van der Waals surface area contributed by atoms with Crippen molar-refractivity contribution in [2.75, 3.05) is 26.2 Å². The molecule has 25 heavy (non-hydrogen) atoms. The monoisotopic (exact) mass is 348 g/mol. The van der Waals surface area contributed by atoms with Gasteiger partial charge in [-0.25, -0.2) is 8.78 Å². The molecule has 0 radical (unpaired) electrons. The third kappa shape index (κ3) is 6.74. The van der Waals surface area contributed by atoms with Gasteiger partial charge in [0.25, 0.3) is 0 Å². The van der Waals surface area contributed by atoms with Crippen LogP contribution in [0.4, 0.5) is 8.78 Å². The molecule has 2 rings (SSSR count). The summed E-state index contributed by atoms with van der Waals surface area (Å²) in [5, 5.41) is 6.27. The number of pyridine rings is 1. The van der Waals surface area contributed by atoms with Crippen LogP contribution in [0.3, 0.4) is 0 Å². The minimum absolute atomic E-state index is 0.290. The number of nitrogens with one attached hydrogen (secondary N) is 2. The maximum Gasteiger partial charge on any atom is 0.191 e. The van der Waals surface area contributed by atoms with E-state index in [9.17, 15) is 8.78 Å². The maximum absolute atomic E-state index is 13.1. The standard InChI is InChI=1S/C18H22F2N4O/c1-2-21-18(23-10-8-14-5-3-4-9-22-14)24-11-12-25-15-6-7-16(19)17(20)13-15/h3-7,9,13H,2,8,10-12H2,1H3,(H2,21,23,24). The first-order chi connectivity index (χ1) is 12.2. The SMILES string of the molecule is CCNC(=NCCc1ccccn1)NCCOc1ccc(F)c(F)c1. The molecule has 0 unspecified atom stereocenters. The Bertz CT molecular complexity index is 680. The number of rotatable bonds is 8. The summed E-state index contributed by atoms with van der Waals surface area (Å²) in [7, 11) is 0. The van der Waals surface area contributed by atoms with Gasteiger partial charge < -0.3 is 15.4 Å². The van der Waals surface area contributed by atoms with Gasteiger partial charge in [-0.05, 0) is 31.2 Å². The molecule has 0 atom stereocenters. The van der Waals surface area contributed by atoms with E-state index in [1.807, 2.05) is 25.1 Å². The average Bonchev–Trinajstić information content (AvgIpc) is 2.62. The molecule has 0 aliphatic heterocycles. The molecule has 0 saturated heterocycles. The molecule has 0 aliphatic carbocycles. The Kier molecular flexibility index (Phi) is 7.62. The lowest BCUT2D eigenvalue weighted by Gasteiger charge is -2.12. The van der Waals surface area contributed by atoms with Crippen LogP contribution in [0.25, 0.3) is 0 Å². The van der Waals surface area contributed by atoms with Crippen molar-refractivity contribution in [3.63, 3.8) is 0 Å². The summed E-state index contributed by atoms with van der Waals surface area (Å²) in [6.45, 7) is 4.10. The van der Waals surface area contributed by atoms with Gasteiger partial charge in [-0.3, -0.25) is 9.98 Å². The van der Waals surface area contributed by atoms with E-state index in [0.29, 0.717) is 25.7 Å². The van der Waals surface area contributed by atoms with Crippen molar-refractivity contribution >= 4 is 5.96 Å². The number of nitrogens with zero attached hydrogens (tertiary/aromatic N) is 2. The average molecular weight is 348 g/mol. The highest BCUT2D eigenvalue weighted by atomic mass is 19.2. The van der Waals surface area contributed by atoms with Crippen LogP contribution in [0.2, 0.25) is 0 Å². The van der Waals surface area contributed by atoms with Crippen LogP contribution in [0.1, 0.15) is 12.6 Å². The molecule has 2 aromatic rings. The maximum atomic E-state index is 13.1. The van der Waals surface area contributed by atoms with E-state index < -0.39 is 11.6 Å². The summed E-state index contributed by atoms with van der Waals surface area (Å²) in [6.07, 6.45) is 2.51. The van der Waals surface area contributed by atoms with Crippen LogP contribution >= 0.6 is 0 Å². The fraction of sp³-hybridized carbons (Fsp3) is 0.333. The molecular weight excluding hydrogens is 326 g/mol. The first-order valence-corrected chi connectivity index (χ1v) is 8.19. The van der Waals surface area contributed by atoms with E-state index in [-0.39, 0.29) is 5.75 Å². The lowest BCUT2D eigenvalue weighted by atomic mass is 10.3. The summed E-state index contributed by atoms with van der Waals surface area (Å²) in [6, 6.07) is 9.26. The quantitative estimate of drug-likeness (QED) is 0.437. The van der Waals surface area contributed by atoms with Gasteiger partial charge in [0.1, 0.15) is 12.4 Å². The smallest absolute Gasteiger partial charge is 0.191 e. The summed E-state index contributed by atoms with van der Waals surface area (Å²) < 4.78 is 31.3. The zero-order valence-electron chi connectivity index (χ0n) is 14.1. The molecule has 0 amide bonds. The van der Waals surface area contributed by atoms with Crippen molar-refractivity contribution in [1.29, 1.82) is 0 Å². The number of benzene rings is 1.